The van der Waals surface area contributed by atoms with Gasteiger partial charge in [-0.15, -0.1) is 4.98 Å². The highest BCUT2D eigenvalue weighted by Gasteiger charge is 2.07. The third kappa shape index (κ3) is 3.27. The van der Waals surface area contributed by atoms with Gasteiger partial charge in [-0.25, -0.2) is 4.39 Å². The molecule has 0 aliphatic carbocycles. The average molecular weight is 270 g/mol. The monoisotopic (exact) mass is 269 g/mol. The molecule has 0 aliphatic rings. The fourth-order valence-electron chi connectivity index (χ4n) is 1.16. The van der Waals surface area contributed by atoms with Crippen LogP contribution in [-0.2, 0) is 0 Å². The van der Waals surface area contributed by atoms with E-state index in [4.69, 9.17) is 21.1 Å². The van der Waals surface area contributed by atoms with E-state index in [0.29, 0.717) is 12.4 Å². The fraction of sp³-hybridized carbons (Fsp3) is 0.182. The van der Waals surface area contributed by atoms with Crippen LogP contribution in [0.3, 0.4) is 0 Å². The molecule has 0 bridgehead atoms. The Balaban J connectivity index is 2.20. The first-order chi connectivity index (χ1) is 8.67. The van der Waals surface area contributed by atoms with Gasteiger partial charge in [0.25, 0.3) is 0 Å². The Kier molecular flexibility index (Phi) is 3.88. The Morgan fingerprint density at radius 3 is 2.44 bits per heavy atom. The van der Waals surface area contributed by atoms with E-state index in [1.807, 2.05) is 0 Å². The molecule has 0 aliphatic heterocycles. The molecule has 1 aromatic heterocycles. The highest BCUT2D eigenvalue weighted by atomic mass is 35.5. The molecule has 0 radical (unpaired) electrons. The molecule has 0 saturated heterocycles. The Bertz CT molecular complexity index is 536. The number of halogens is 2. The van der Waals surface area contributed by atoms with Crippen LogP contribution in [0.4, 0.5) is 4.39 Å². The van der Waals surface area contributed by atoms with E-state index in [1.165, 1.54) is 24.3 Å². The topological polar surface area (TPSA) is 57.1 Å². The minimum absolute atomic E-state index is 0.00921. The number of ether oxygens (including phenoxy) is 2. The van der Waals surface area contributed by atoms with E-state index in [0.717, 1.165) is 0 Å². The highest BCUT2D eigenvalue weighted by molar-refractivity contribution is 6.28. The lowest BCUT2D eigenvalue weighted by Gasteiger charge is -2.05. The summed E-state index contributed by atoms with van der Waals surface area (Å²) < 4.78 is 23.1. The SMILES string of the molecule is CCOc1nc(Cl)nc(Oc2ccc(F)cc2)n1. The van der Waals surface area contributed by atoms with Crippen LogP contribution in [0.2, 0.25) is 5.28 Å². The Labute approximate surface area is 108 Å². The molecule has 0 N–H and O–H groups in total. The van der Waals surface area contributed by atoms with Crippen LogP contribution in [-0.4, -0.2) is 21.6 Å². The Hall–Kier alpha value is -1.95. The van der Waals surface area contributed by atoms with Crippen LogP contribution in [0.5, 0.6) is 17.8 Å². The van der Waals surface area contributed by atoms with Crippen LogP contribution in [0.25, 0.3) is 0 Å². The van der Waals surface area contributed by atoms with Gasteiger partial charge in [-0.2, -0.15) is 9.97 Å². The first-order valence-corrected chi connectivity index (χ1v) is 5.53. The quantitative estimate of drug-likeness (QED) is 0.854. The second-order valence-electron chi connectivity index (χ2n) is 3.16. The van der Waals surface area contributed by atoms with Crippen molar-refractivity contribution in [1.29, 1.82) is 0 Å². The van der Waals surface area contributed by atoms with Crippen LogP contribution in [0.15, 0.2) is 24.3 Å². The molecular formula is C11H9ClFN3O2. The van der Waals surface area contributed by atoms with Gasteiger partial charge in [0, 0.05) is 0 Å². The van der Waals surface area contributed by atoms with Crippen LogP contribution >= 0.6 is 11.6 Å². The largest absolute Gasteiger partial charge is 0.464 e. The minimum Gasteiger partial charge on any atom is -0.464 e. The molecule has 5 nitrogen and oxygen atoms in total. The van der Waals surface area contributed by atoms with Crippen molar-refractivity contribution in [2.24, 2.45) is 0 Å². The van der Waals surface area contributed by atoms with Crippen molar-refractivity contribution in [1.82, 2.24) is 15.0 Å². The number of hydrogen-bond donors (Lipinski definition) is 0. The summed E-state index contributed by atoms with van der Waals surface area (Å²) in [6.45, 7) is 2.19. The summed E-state index contributed by atoms with van der Waals surface area (Å²) in [6, 6.07) is 5.50. The molecule has 1 aromatic carbocycles. The van der Waals surface area contributed by atoms with Crippen molar-refractivity contribution in [3.05, 3.63) is 35.4 Å². The van der Waals surface area contributed by atoms with E-state index >= 15 is 0 Å². The molecule has 0 spiro atoms. The molecule has 1 heterocycles. The van der Waals surface area contributed by atoms with E-state index in [1.54, 1.807) is 6.92 Å². The number of hydrogen-bond acceptors (Lipinski definition) is 5. The molecule has 0 amide bonds. The van der Waals surface area contributed by atoms with Crippen molar-refractivity contribution in [2.75, 3.05) is 6.61 Å². The number of rotatable bonds is 4. The maximum Gasteiger partial charge on any atom is 0.329 e. The van der Waals surface area contributed by atoms with E-state index < -0.39 is 0 Å². The number of nitrogens with zero attached hydrogens (tertiary/aromatic N) is 3. The summed E-state index contributed by atoms with van der Waals surface area (Å²) in [7, 11) is 0. The predicted molar refractivity (Wildman–Crippen MR) is 62.5 cm³/mol. The minimum atomic E-state index is -0.356. The molecule has 7 heteroatoms. The van der Waals surface area contributed by atoms with Crippen molar-refractivity contribution < 1.29 is 13.9 Å². The Morgan fingerprint density at radius 2 is 1.78 bits per heavy atom. The van der Waals surface area contributed by atoms with Crippen molar-refractivity contribution in [2.45, 2.75) is 6.92 Å². The number of benzene rings is 1. The van der Waals surface area contributed by atoms with Gasteiger partial charge in [0.1, 0.15) is 11.6 Å². The van der Waals surface area contributed by atoms with Gasteiger partial charge in [0.2, 0.25) is 5.28 Å². The molecule has 0 fully saturated rings. The van der Waals surface area contributed by atoms with Gasteiger partial charge in [-0.1, -0.05) is 0 Å². The summed E-state index contributed by atoms with van der Waals surface area (Å²) >= 11 is 5.69. The van der Waals surface area contributed by atoms with Crippen LogP contribution in [0, 0.1) is 5.82 Å². The maximum absolute atomic E-state index is 12.7. The lowest BCUT2D eigenvalue weighted by Crippen LogP contribution is -2.01. The third-order valence-electron chi connectivity index (χ3n) is 1.86. The standard InChI is InChI=1S/C11H9ClFN3O2/c1-2-17-10-14-9(12)15-11(16-10)18-8-5-3-7(13)4-6-8/h3-6H,2H2,1H3. The lowest BCUT2D eigenvalue weighted by atomic mass is 10.3. The fourth-order valence-corrected chi connectivity index (χ4v) is 1.31. The van der Waals surface area contributed by atoms with Gasteiger partial charge in [0.05, 0.1) is 6.61 Å². The normalized spacial score (nSPS) is 10.2. The van der Waals surface area contributed by atoms with E-state index in [9.17, 15) is 4.39 Å². The van der Waals surface area contributed by atoms with Crippen LogP contribution < -0.4 is 9.47 Å². The first-order valence-electron chi connectivity index (χ1n) is 5.15. The smallest absolute Gasteiger partial charge is 0.329 e. The summed E-state index contributed by atoms with van der Waals surface area (Å²) in [5.74, 6) is 0.0344. The predicted octanol–water partition coefficient (Wildman–Crippen LogP) is 2.86. The van der Waals surface area contributed by atoms with E-state index in [2.05, 4.69) is 15.0 Å². The molecule has 2 aromatic rings. The van der Waals surface area contributed by atoms with Crippen molar-refractivity contribution in [3.8, 4) is 17.8 Å². The van der Waals surface area contributed by atoms with E-state index in [-0.39, 0.29) is 23.1 Å². The van der Waals surface area contributed by atoms with Crippen molar-refractivity contribution >= 4 is 11.6 Å². The zero-order valence-corrected chi connectivity index (χ0v) is 10.2. The molecule has 94 valence electrons. The number of aromatic nitrogens is 3. The first kappa shape index (κ1) is 12.5. The van der Waals surface area contributed by atoms with Gasteiger partial charge in [0.15, 0.2) is 0 Å². The molecule has 2 rings (SSSR count). The van der Waals surface area contributed by atoms with Crippen LogP contribution in [0.1, 0.15) is 6.92 Å². The summed E-state index contributed by atoms with van der Waals surface area (Å²) in [5, 5.41) is -0.0365. The average Bonchev–Trinajstić information content (AvgIpc) is 2.32. The highest BCUT2D eigenvalue weighted by Crippen LogP contribution is 2.20. The zero-order chi connectivity index (χ0) is 13.0. The molecule has 0 saturated carbocycles. The summed E-state index contributed by atoms with van der Waals surface area (Å²) in [6.07, 6.45) is 0. The molecule has 18 heavy (non-hydrogen) atoms. The third-order valence-corrected chi connectivity index (χ3v) is 2.03. The molecular weight excluding hydrogens is 261 g/mol. The van der Waals surface area contributed by atoms with Crippen molar-refractivity contribution in [3.63, 3.8) is 0 Å². The molecule has 0 unspecified atom stereocenters. The second-order valence-corrected chi connectivity index (χ2v) is 3.50. The van der Waals surface area contributed by atoms with Gasteiger partial charge in [-0.3, -0.25) is 0 Å². The zero-order valence-electron chi connectivity index (χ0n) is 9.43. The van der Waals surface area contributed by atoms with Gasteiger partial charge < -0.3 is 9.47 Å². The maximum atomic E-state index is 12.7. The summed E-state index contributed by atoms with van der Waals surface area (Å²) in [4.78, 5) is 11.4. The van der Waals surface area contributed by atoms with Gasteiger partial charge in [-0.05, 0) is 42.8 Å². The molecule has 0 atom stereocenters. The summed E-state index contributed by atoms with van der Waals surface area (Å²) in [5.41, 5.74) is 0. The lowest BCUT2D eigenvalue weighted by molar-refractivity contribution is 0.303. The Morgan fingerprint density at radius 1 is 1.11 bits per heavy atom. The second kappa shape index (κ2) is 5.59. The van der Waals surface area contributed by atoms with Gasteiger partial charge >= 0.3 is 12.0 Å².